The van der Waals surface area contributed by atoms with Crippen LogP contribution in [0.15, 0.2) is 30.3 Å². The summed E-state index contributed by atoms with van der Waals surface area (Å²) in [6.07, 6.45) is 0.939. The van der Waals surface area contributed by atoms with Gasteiger partial charge in [-0.05, 0) is 11.5 Å². The summed E-state index contributed by atoms with van der Waals surface area (Å²) in [5, 5.41) is 8.44. The summed E-state index contributed by atoms with van der Waals surface area (Å²) in [5.41, 5.74) is 1.40. The zero-order chi connectivity index (χ0) is 13.7. The van der Waals surface area contributed by atoms with Gasteiger partial charge >= 0.3 is 0 Å². The Morgan fingerprint density at radius 1 is 1.16 bits per heavy atom. The highest BCUT2D eigenvalue weighted by Crippen LogP contribution is 2.22. The number of nitrogens with zero attached hydrogens (tertiary/aromatic N) is 3. The molecule has 0 fully saturated rings. The molecule has 0 aliphatic heterocycles. The first-order valence-electron chi connectivity index (χ1n) is 6.72. The van der Waals surface area contributed by atoms with Gasteiger partial charge in [0.2, 0.25) is 0 Å². The van der Waals surface area contributed by atoms with E-state index in [1.807, 2.05) is 11.8 Å². The van der Waals surface area contributed by atoms with Crippen LogP contribution in [0.25, 0.3) is 0 Å². The zero-order valence-corrected chi connectivity index (χ0v) is 12.7. The van der Waals surface area contributed by atoms with Crippen molar-refractivity contribution in [3.8, 4) is 0 Å². The van der Waals surface area contributed by atoms with Gasteiger partial charge in [-0.25, -0.2) is 0 Å². The minimum atomic E-state index is 0.574. The minimum Gasteiger partial charge on any atom is -0.317 e. The molecule has 0 radical (unpaired) electrons. The molecule has 0 unspecified atom stereocenters. The summed E-state index contributed by atoms with van der Waals surface area (Å²) >= 11 is 1.92. The van der Waals surface area contributed by atoms with Crippen molar-refractivity contribution in [2.75, 3.05) is 5.75 Å². The van der Waals surface area contributed by atoms with Gasteiger partial charge in [0.25, 0.3) is 0 Å². The van der Waals surface area contributed by atoms with Crippen molar-refractivity contribution in [1.29, 1.82) is 0 Å². The molecule has 1 aromatic carbocycles. The normalized spacial score (nSPS) is 12.6. The molecule has 0 spiro atoms. The van der Waals surface area contributed by atoms with Gasteiger partial charge < -0.3 is 4.57 Å². The van der Waals surface area contributed by atoms with Gasteiger partial charge in [-0.2, -0.15) is 11.8 Å². The van der Waals surface area contributed by atoms with E-state index >= 15 is 0 Å². The van der Waals surface area contributed by atoms with Crippen LogP contribution >= 0.6 is 11.8 Å². The number of thioether (sulfide) groups is 1. The first-order chi connectivity index (χ1) is 9.22. The van der Waals surface area contributed by atoms with E-state index in [4.69, 9.17) is 0 Å². The lowest BCUT2D eigenvalue weighted by molar-refractivity contribution is 0.780. The number of benzene rings is 1. The molecule has 0 saturated heterocycles. The Labute approximate surface area is 119 Å². The second kappa shape index (κ2) is 6.75. The van der Waals surface area contributed by atoms with Crippen molar-refractivity contribution in [2.45, 2.75) is 31.9 Å². The Morgan fingerprint density at radius 3 is 2.47 bits per heavy atom. The molecular weight excluding hydrogens is 254 g/mol. The summed E-state index contributed by atoms with van der Waals surface area (Å²) in [5.74, 6) is 4.75. The van der Waals surface area contributed by atoms with Gasteiger partial charge in [-0.3, -0.25) is 0 Å². The molecule has 0 aliphatic carbocycles. The number of hydrogen-bond acceptors (Lipinski definition) is 3. The van der Waals surface area contributed by atoms with Gasteiger partial charge in [-0.15, -0.1) is 10.2 Å². The van der Waals surface area contributed by atoms with E-state index in [9.17, 15) is 0 Å². The van der Waals surface area contributed by atoms with Crippen LogP contribution in [0.3, 0.4) is 0 Å². The summed E-state index contributed by atoms with van der Waals surface area (Å²) in [7, 11) is 2.05. The predicted molar refractivity (Wildman–Crippen MR) is 81.4 cm³/mol. The van der Waals surface area contributed by atoms with E-state index in [0.29, 0.717) is 5.92 Å². The molecule has 1 heterocycles. The highest BCUT2D eigenvalue weighted by atomic mass is 32.2. The Balaban J connectivity index is 1.85. The third-order valence-corrected chi connectivity index (χ3v) is 4.54. The quantitative estimate of drug-likeness (QED) is 0.809. The Kier molecular flexibility index (Phi) is 5.02. The van der Waals surface area contributed by atoms with Gasteiger partial charge in [0.05, 0.1) is 5.75 Å². The molecule has 0 saturated carbocycles. The SMILES string of the molecule is CCc1nnc(CSC[C@H](C)c2ccccc2)n1C. The molecular formula is C15H21N3S. The average molecular weight is 275 g/mol. The van der Waals surface area contributed by atoms with E-state index < -0.39 is 0 Å². The number of hydrogen-bond donors (Lipinski definition) is 0. The first kappa shape index (κ1) is 14.1. The summed E-state index contributed by atoms with van der Waals surface area (Å²) in [6.45, 7) is 4.38. The van der Waals surface area contributed by atoms with Crippen LogP contribution in [0.5, 0.6) is 0 Å². The van der Waals surface area contributed by atoms with Crippen molar-refractivity contribution in [3.63, 3.8) is 0 Å². The van der Waals surface area contributed by atoms with E-state index in [1.165, 1.54) is 5.56 Å². The molecule has 2 rings (SSSR count). The number of aryl methyl sites for hydroxylation is 1. The Hall–Kier alpha value is -1.29. The minimum absolute atomic E-state index is 0.574. The third-order valence-electron chi connectivity index (χ3n) is 3.34. The third kappa shape index (κ3) is 3.60. The summed E-state index contributed by atoms with van der Waals surface area (Å²) in [4.78, 5) is 0. The lowest BCUT2D eigenvalue weighted by Crippen LogP contribution is -2.02. The topological polar surface area (TPSA) is 30.7 Å². The monoisotopic (exact) mass is 275 g/mol. The molecule has 19 heavy (non-hydrogen) atoms. The van der Waals surface area contributed by atoms with Crippen LogP contribution in [0.1, 0.15) is 37.0 Å². The Bertz CT molecular complexity index is 507. The van der Waals surface area contributed by atoms with Crippen molar-refractivity contribution >= 4 is 11.8 Å². The summed E-state index contributed by atoms with van der Waals surface area (Å²) < 4.78 is 2.11. The van der Waals surface area contributed by atoms with Crippen molar-refractivity contribution < 1.29 is 0 Å². The second-order valence-corrected chi connectivity index (χ2v) is 5.80. The summed E-state index contributed by atoms with van der Waals surface area (Å²) in [6, 6.07) is 10.7. The van der Waals surface area contributed by atoms with Crippen LogP contribution in [-0.4, -0.2) is 20.5 Å². The fourth-order valence-corrected chi connectivity index (χ4v) is 3.13. The predicted octanol–water partition coefficient (Wildman–Crippen LogP) is 3.41. The van der Waals surface area contributed by atoms with E-state index in [1.54, 1.807) is 0 Å². The van der Waals surface area contributed by atoms with E-state index in [2.05, 4.69) is 66.0 Å². The van der Waals surface area contributed by atoms with Crippen molar-refractivity contribution in [2.24, 2.45) is 7.05 Å². The maximum atomic E-state index is 4.25. The Morgan fingerprint density at radius 2 is 1.84 bits per heavy atom. The lowest BCUT2D eigenvalue weighted by atomic mass is 10.0. The van der Waals surface area contributed by atoms with Crippen LogP contribution in [-0.2, 0) is 19.2 Å². The van der Waals surface area contributed by atoms with Gasteiger partial charge in [-0.1, -0.05) is 44.2 Å². The highest BCUT2D eigenvalue weighted by Gasteiger charge is 2.09. The smallest absolute Gasteiger partial charge is 0.142 e. The van der Waals surface area contributed by atoms with Gasteiger partial charge in [0.1, 0.15) is 11.6 Å². The van der Waals surface area contributed by atoms with Crippen molar-refractivity contribution in [1.82, 2.24) is 14.8 Å². The molecule has 1 aromatic heterocycles. The molecule has 0 bridgehead atoms. The molecule has 2 aromatic rings. The molecule has 102 valence electrons. The molecule has 0 N–H and O–H groups in total. The maximum absolute atomic E-state index is 4.25. The highest BCUT2D eigenvalue weighted by molar-refractivity contribution is 7.98. The number of rotatable bonds is 6. The zero-order valence-electron chi connectivity index (χ0n) is 11.8. The van der Waals surface area contributed by atoms with Gasteiger partial charge in [0, 0.05) is 19.2 Å². The van der Waals surface area contributed by atoms with E-state index in [-0.39, 0.29) is 0 Å². The van der Waals surface area contributed by atoms with Crippen LogP contribution < -0.4 is 0 Å². The number of aromatic nitrogens is 3. The fraction of sp³-hybridized carbons (Fsp3) is 0.467. The molecule has 4 heteroatoms. The first-order valence-corrected chi connectivity index (χ1v) is 7.87. The molecule has 0 aliphatic rings. The molecule has 3 nitrogen and oxygen atoms in total. The molecule has 1 atom stereocenters. The standard InChI is InChI=1S/C15H21N3S/c1-4-14-16-17-15(18(14)3)11-19-10-12(2)13-8-6-5-7-9-13/h5-9,12H,4,10-11H2,1-3H3/t12-/m0/s1. The average Bonchev–Trinajstić information content (AvgIpc) is 2.80. The fourth-order valence-electron chi connectivity index (χ4n) is 2.04. The van der Waals surface area contributed by atoms with Crippen LogP contribution in [0, 0.1) is 0 Å². The van der Waals surface area contributed by atoms with Crippen LogP contribution in [0.2, 0.25) is 0 Å². The van der Waals surface area contributed by atoms with Gasteiger partial charge in [0.15, 0.2) is 0 Å². The lowest BCUT2D eigenvalue weighted by Gasteiger charge is -2.11. The van der Waals surface area contributed by atoms with Crippen LogP contribution in [0.4, 0.5) is 0 Å². The molecule has 0 amide bonds. The largest absolute Gasteiger partial charge is 0.317 e. The van der Waals surface area contributed by atoms with Crippen molar-refractivity contribution in [3.05, 3.63) is 47.5 Å². The van der Waals surface area contributed by atoms with E-state index in [0.717, 1.165) is 29.6 Å². The second-order valence-electron chi connectivity index (χ2n) is 4.77. The maximum Gasteiger partial charge on any atom is 0.142 e.